The summed E-state index contributed by atoms with van der Waals surface area (Å²) in [5.41, 5.74) is 0. The molecule has 0 amide bonds. The van der Waals surface area contributed by atoms with Gasteiger partial charge in [0.1, 0.15) is 0 Å². The second-order valence-electron chi connectivity index (χ2n) is 5.46. The SMILES string of the molecule is C/C=C/CCNC(=NC)NC1CCN(CCCOC)CC1. The fourth-order valence-corrected chi connectivity index (χ4v) is 2.56. The normalized spacial score (nSPS) is 18.3. The van der Waals surface area contributed by atoms with Crippen molar-refractivity contribution in [2.75, 3.05) is 46.9 Å². The van der Waals surface area contributed by atoms with E-state index in [1.54, 1.807) is 7.11 Å². The summed E-state index contributed by atoms with van der Waals surface area (Å²) >= 11 is 0. The highest BCUT2D eigenvalue weighted by molar-refractivity contribution is 5.79. The molecule has 21 heavy (non-hydrogen) atoms. The number of allylic oxidation sites excluding steroid dienone is 1. The zero-order chi connectivity index (χ0) is 15.3. The van der Waals surface area contributed by atoms with Crippen molar-refractivity contribution in [1.82, 2.24) is 15.5 Å². The quantitative estimate of drug-likeness (QED) is 0.309. The van der Waals surface area contributed by atoms with Crippen molar-refractivity contribution in [3.63, 3.8) is 0 Å². The largest absolute Gasteiger partial charge is 0.385 e. The Balaban J connectivity index is 2.18. The smallest absolute Gasteiger partial charge is 0.191 e. The van der Waals surface area contributed by atoms with Crippen LogP contribution in [0.15, 0.2) is 17.1 Å². The highest BCUT2D eigenvalue weighted by Gasteiger charge is 2.19. The Morgan fingerprint density at radius 3 is 2.76 bits per heavy atom. The Bertz CT molecular complexity index is 309. The standard InChI is InChI=1S/C16H32N4O/c1-4-5-6-10-18-16(17-2)19-15-8-12-20(13-9-15)11-7-14-21-3/h4-5,15H,6-14H2,1-3H3,(H2,17,18,19)/b5-4+. The fraction of sp³-hybridized carbons (Fsp3) is 0.812. The van der Waals surface area contributed by atoms with Crippen molar-refractivity contribution in [1.29, 1.82) is 0 Å². The third-order valence-corrected chi connectivity index (χ3v) is 3.81. The minimum absolute atomic E-state index is 0.539. The van der Waals surface area contributed by atoms with Crippen molar-refractivity contribution in [2.24, 2.45) is 4.99 Å². The van der Waals surface area contributed by atoms with Gasteiger partial charge in [0.25, 0.3) is 0 Å². The van der Waals surface area contributed by atoms with Crippen molar-refractivity contribution in [3.05, 3.63) is 12.2 Å². The van der Waals surface area contributed by atoms with Gasteiger partial charge in [0.15, 0.2) is 5.96 Å². The van der Waals surface area contributed by atoms with Gasteiger partial charge in [-0.3, -0.25) is 4.99 Å². The third-order valence-electron chi connectivity index (χ3n) is 3.81. The van der Waals surface area contributed by atoms with Crippen LogP contribution >= 0.6 is 0 Å². The number of guanidine groups is 1. The highest BCUT2D eigenvalue weighted by Crippen LogP contribution is 2.10. The Hall–Kier alpha value is -1.07. The summed E-state index contributed by atoms with van der Waals surface area (Å²) in [5.74, 6) is 0.928. The Morgan fingerprint density at radius 1 is 1.38 bits per heavy atom. The molecule has 0 aromatic carbocycles. The molecule has 0 atom stereocenters. The summed E-state index contributed by atoms with van der Waals surface area (Å²) in [7, 11) is 3.61. The predicted octanol–water partition coefficient (Wildman–Crippen LogP) is 1.62. The monoisotopic (exact) mass is 296 g/mol. The van der Waals surface area contributed by atoms with Gasteiger partial charge < -0.3 is 20.3 Å². The third kappa shape index (κ3) is 8.07. The summed E-state index contributed by atoms with van der Waals surface area (Å²) in [6.07, 6.45) is 8.78. The molecule has 122 valence electrons. The summed E-state index contributed by atoms with van der Waals surface area (Å²) in [6.45, 7) is 7.32. The molecule has 0 spiro atoms. The molecule has 1 heterocycles. The topological polar surface area (TPSA) is 48.9 Å². The van der Waals surface area contributed by atoms with Crippen LogP contribution in [-0.4, -0.2) is 63.8 Å². The van der Waals surface area contributed by atoms with Gasteiger partial charge in [-0.1, -0.05) is 12.2 Å². The Morgan fingerprint density at radius 2 is 2.14 bits per heavy atom. The fourth-order valence-electron chi connectivity index (χ4n) is 2.56. The number of nitrogens with one attached hydrogen (secondary N) is 2. The zero-order valence-electron chi connectivity index (χ0n) is 13.9. The van der Waals surface area contributed by atoms with Crippen LogP contribution in [0.25, 0.3) is 0 Å². The minimum atomic E-state index is 0.539. The molecule has 0 aliphatic carbocycles. The van der Waals surface area contributed by atoms with Crippen LogP contribution in [0.4, 0.5) is 0 Å². The first-order chi connectivity index (χ1) is 10.3. The van der Waals surface area contributed by atoms with Crippen LogP contribution in [0.1, 0.15) is 32.6 Å². The van der Waals surface area contributed by atoms with E-state index in [1.165, 1.54) is 12.8 Å². The number of likely N-dealkylation sites (tertiary alicyclic amines) is 1. The lowest BCUT2D eigenvalue weighted by Gasteiger charge is -2.33. The first kappa shape index (κ1) is 18.0. The number of hydrogen-bond donors (Lipinski definition) is 2. The maximum atomic E-state index is 5.11. The van der Waals surface area contributed by atoms with Gasteiger partial charge >= 0.3 is 0 Å². The Labute approximate surface area is 129 Å². The summed E-state index contributed by atoms with van der Waals surface area (Å²) in [5, 5.41) is 6.90. The van der Waals surface area contributed by atoms with E-state index in [-0.39, 0.29) is 0 Å². The second kappa shape index (κ2) is 11.6. The molecule has 1 rings (SSSR count). The van der Waals surface area contributed by atoms with Crippen molar-refractivity contribution >= 4 is 5.96 Å². The van der Waals surface area contributed by atoms with Crippen molar-refractivity contribution in [2.45, 2.75) is 38.6 Å². The van der Waals surface area contributed by atoms with E-state index < -0.39 is 0 Å². The number of nitrogens with zero attached hydrogens (tertiary/aromatic N) is 2. The minimum Gasteiger partial charge on any atom is -0.385 e. The lowest BCUT2D eigenvalue weighted by Crippen LogP contribution is -2.48. The number of ether oxygens (including phenoxy) is 1. The molecule has 5 heteroatoms. The predicted molar refractivity (Wildman–Crippen MR) is 89.9 cm³/mol. The molecule has 0 unspecified atom stereocenters. The molecule has 0 bridgehead atoms. The first-order valence-corrected chi connectivity index (χ1v) is 8.09. The maximum absolute atomic E-state index is 5.11. The molecular weight excluding hydrogens is 264 g/mol. The highest BCUT2D eigenvalue weighted by atomic mass is 16.5. The molecule has 1 aliphatic rings. The number of aliphatic imine (C=N–C) groups is 1. The van der Waals surface area contributed by atoms with Gasteiger partial charge in [-0.2, -0.15) is 0 Å². The van der Waals surface area contributed by atoms with Crippen LogP contribution in [0, 0.1) is 0 Å². The molecule has 1 fully saturated rings. The lowest BCUT2D eigenvalue weighted by molar-refractivity contribution is 0.155. The molecule has 0 aromatic rings. The van der Waals surface area contributed by atoms with Gasteiger partial charge in [-0.05, 0) is 32.6 Å². The van der Waals surface area contributed by atoms with Gasteiger partial charge in [0.2, 0.25) is 0 Å². The van der Waals surface area contributed by atoms with Crippen LogP contribution in [-0.2, 0) is 4.74 Å². The molecule has 1 aliphatic heterocycles. The molecule has 0 aromatic heterocycles. The number of piperidine rings is 1. The van der Waals surface area contributed by atoms with E-state index in [2.05, 4.69) is 32.7 Å². The number of methoxy groups -OCH3 is 1. The van der Waals surface area contributed by atoms with E-state index in [0.29, 0.717) is 6.04 Å². The maximum Gasteiger partial charge on any atom is 0.191 e. The van der Waals surface area contributed by atoms with Crippen LogP contribution < -0.4 is 10.6 Å². The van der Waals surface area contributed by atoms with Gasteiger partial charge in [0, 0.05) is 53.0 Å². The average Bonchev–Trinajstić information content (AvgIpc) is 2.52. The molecule has 1 saturated heterocycles. The van der Waals surface area contributed by atoms with E-state index >= 15 is 0 Å². The molecule has 5 nitrogen and oxygen atoms in total. The molecule has 0 radical (unpaired) electrons. The second-order valence-corrected chi connectivity index (χ2v) is 5.46. The van der Waals surface area contributed by atoms with Crippen LogP contribution in [0.2, 0.25) is 0 Å². The Kier molecular flexibility index (Phi) is 9.91. The van der Waals surface area contributed by atoms with Gasteiger partial charge in [-0.25, -0.2) is 0 Å². The van der Waals surface area contributed by atoms with Gasteiger partial charge in [0.05, 0.1) is 0 Å². The average molecular weight is 296 g/mol. The number of hydrogen-bond acceptors (Lipinski definition) is 3. The summed E-state index contributed by atoms with van der Waals surface area (Å²) < 4.78 is 5.11. The number of rotatable bonds is 8. The van der Waals surface area contributed by atoms with Crippen LogP contribution in [0.3, 0.4) is 0 Å². The first-order valence-electron chi connectivity index (χ1n) is 8.09. The van der Waals surface area contributed by atoms with E-state index in [1.807, 2.05) is 14.0 Å². The van der Waals surface area contributed by atoms with Gasteiger partial charge in [-0.15, -0.1) is 0 Å². The van der Waals surface area contributed by atoms with E-state index in [9.17, 15) is 0 Å². The lowest BCUT2D eigenvalue weighted by atomic mass is 10.1. The van der Waals surface area contributed by atoms with E-state index in [4.69, 9.17) is 4.74 Å². The van der Waals surface area contributed by atoms with Crippen molar-refractivity contribution in [3.8, 4) is 0 Å². The zero-order valence-corrected chi connectivity index (χ0v) is 13.9. The van der Waals surface area contributed by atoms with E-state index in [0.717, 1.165) is 51.6 Å². The summed E-state index contributed by atoms with van der Waals surface area (Å²) in [6, 6.07) is 0.539. The van der Waals surface area contributed by atoms with Crippen LogP contribution in [0.5, 0.6) is 0 Å². The molecule has 2 N–H and O–H groups in total. The van der Waals surface area contributed by atoms with Crippen molar-refractivity contribution < 1.29 is 4.74 Å². The molecule has 0 saturated carbocycles. The molecular formula is C16H32N4O. The summed E-state index contributed by atoms with van der Waals surface area (Å²) in [4.78, 5) is 6.83.